The predicted octanol–water partition coefficient (Wildman–Crippen LogP) is 2.98. The molecule has 0 bridgehead atoms. The Bertz CT molecular complexity index is 430. The van der Waals surface area contributed by atoms with Crippen molar-refractivity contribution in [2.24, 2.45) is 5.92 Å². The van der Waals surface area contributed by atoms with Crippen LogP contribution in [0.5, 0.6) is 11.5 Å². The number of methoxy groups -OCH3 is 1. The molecular weight excluding hydrogens is 266 g/mol. The Labute approximate surface area is 128 Å². The van der Waals surface area contributed by atoms with Crippen molar-refractivity contribution < 1.29 is 14.6 Å². The summed E-state index contributed by atoms with van der Waals surface area (Å²) in [5.74, 6) is 1.65. The van der Waals surface area contributed by atoms with E-state index in [0.29, 0.717) is 0 Å². The first-order valence-corrected chi connectivity index (χ1v) is 7.63. The van der Waals surface area contributed by atoms with Gasteiger partial charge in [-0.1, -0.05) is 26.8 Å². The van der Waals surface area contributed by atoms with Crippen LogP contribution >= 0.6 is 0 Å². The summed E-state index contributed by atoms with van der Waals surface area (Å²) in [7, 11) is 1.64. The SMILES string of the molecule is CCCNCc1ccc(OC)cc1OCC(C)(O)C(C)C. The van der Waals surface area contributed by atoms with Gasteiger partial charge in [0.15, 0.2) is 0 Å². The lowest BCUT2D eigenvalue weighted by atomic mass is 9.94. The highest BCUT2D eigenvalue weighted by atomic mass is 16.5. The van der Waals surface area contributed by atoms with Crippen LogP contribution in [0.25, 0.3) is 0 Å². The minimum atomic E-state index is -0.850. The van der Waals surface area contributed by atoms with Crippen LogP contribution in [0.2, 0.25) is 0 Å². The van der Waals surface area contributed by atoms with Crippen LogP contribution < -0.4 is 14.8 Å². The van der Waals surface area contributed by atoms with Crippen LogP contribution in [-0.2, 0) is 6.54 Å². The highest BCUT2D eigenvalue weighted by molar-refractivity contribution is 5.40. The minimum Gasteiger partial charge on any atom is -0.497 e. The third-order valence-electron chi connectivity index (χ3n) is 3.78. The Morgan fingerprint density at radius 3 is 2.62 bits per heavy atom. The largest absolute Gasteiger partial charge is 0.497 e. The van der Waals surface area contributed by atoms with Crippen LogP contribution in [0, 0.1) is 5.92 Å². The quantitative estimate of drug-likeness (QED) is 0.688. The first kappa shape index (κ1) is 17.8. The van der Waals surface area contributed by atoms with Crippen molar-refractivity contribution in [3.05, 3.63) is 23.8 Å². The number of ether oxygens (including phenoxy) is 2. The van der Waals surface area contributed by atoms with E-state index in [1.165, 1.54) is 0 Å². The van der Waals surface area contributed by atoms with E-state index < -0.39 is 5.60 Å². The molecule has 1 aromatic rings. The molecule has 4 heteroatoms. The number of aliphatic hydroxyl groups is 1. The minimum absolute atomic E-state index is 0.129. The molecule has 0 heterocycles. The standard InChI is InChI=1S/C17H29NO3/c1-6-9-18-11-14-7-8-15(20-5)10-16(14)21-12-17(4,19)13(2)3/h7-8,10,13,18-19H,6,9,11-12H2,1-5H3. The lowest BCUT2D eigenvalue weighted by molar-refractivity contribution is -0.0269. The summed E-state index contributed by atoms with van der Waals surface area (Å²) in [5.41, 5.74) is 0.223. The van der Waals surface area contributed by atoms with E-state index in [1.807, 2.05) is 32.0 Å². The Hall–Kier alpha value is -1.26. The van der Waals surface area contributed by atoms with Gasteiger partial charge in [-0.05, 0) is 31.9 Å². The molecule has 0 amide bonds. The van der Waals surface area contributed by atoms with E-state index in [9.17, 15) is 5.11 Å². The van der Waals surface area contributed by atoms with Gasteiger partial charge in [-0.15, -0.1) is 0 Å². The van der Waals surface area contributed by atoms with Crippen molar-refractivity contribution in [3.8, 4) is 11.5 Å². The van der Waals surface area contributed by atoms with Crippen LogP contribution in [0.1, 0.15) is 39.7 Å². The first-order valence-electron chi connectivity index (χ1n) is 7.63. The van der Waals surface area contributed by atoms with Crippen molar-refractivity contribution >= 4 is 0 Å². The van der Waals surface area contributed by atoms with Crippen molar-refractivity contribution in [3.63, 3.8) is 0 Å². The average Bonchev–Trinajstić information content (AvgIpc) is 2.46. The second kappa shape index (κ2) is 8.25. The van der Waals surface area contributed by atoms with Gasteiger partial charge in [0.25, 0.3) is 0 Å². The van der Waals surface area contributed by atoms with Crippen molar-refractivity contribution in [2.75, 3.05) is 20.3 Å². The molecule has 0 aliphatic heterocycles. The third kappa shape index (κ3) is 5.56. The zero-order chi connectivity index (χ0) is 15.9. The molecule has 2 N–H and O–H groups in total. The van der Waals surface area contributed by atoms with Gasteiger partial charge in [-0.3, -0.25) is 0 Å². The number of rotatable bonds is 9. The molecule has 0 aromatic heterocycles. The van der Waals surface area contributed by atoms with Gasteiger partial charge in [-0.2, -0.15) is 0 Å². The molecule has 0 spiro atoms. The zero-order valence-electron chi connectivity index (χ0n) is 13.9. The normalized spacial score (nSPS) is 14.0. The molecule has 0 saturated carbocycles. The molecule has 0 saturated heterocycles. The topological polar surface area (TPSA) is 50.7 Å². The molecule has 120 valence electrons. The molecule has 1 unspecified atom stereocenters. The lowest BCUT2D eigenvalue weighted by Crippen LogP contribution is -2.38. The van der Waals surface area contributed by atoms with E-state index in [-0.39, 0.29) is 12.5 Å². The van der Waals surface area contributed by atoms with Crippen LogP contribution in [0.3, 0.4) is 0 Å². The Balaban J connectivity index is 2.81. The Kier molecular flexibility index (Phi) is 6.99. The summed E-state index contributed by atoms with van der Waals surface area (Å²) in [6.07, 6.45) is 1.09. The number of nitrogens with one attached hydrogen (secondary N) is 1. The van der Waals surface area contributed by atoms with E-state index in [0.717, 1.165) is 36.6 Å². The highest BCUT2D eigenvalue weighted by Crippen LogP contribution is 2.27. The Morgan fingerprint density at radius 1 is 1.33 bits per heavy atom. The molecule has 0 aliphatic rings. The summed E-state index contributed by atoms with van der Waals surface area (Å²) in [6.45, 7) is 9.88. The van der Waals surface area contributed by atoms with Crippen molar-refractivity contribution in [1.29, 1.82) is 0 Å². The number of hydrogen-bond acceptors (Lipinski definition) is 4. The monoisotopic (exact) mass is 295 g/mol. The summed E-state index contributed by atoms with van der Waals surface area (Å²) >= 11 is 0. The van der Waals surface area contributed by atoms with Gasteiger partial charge in [0.05, 0.1) is 12.7 Å². The van der Waals surface area contributed by atoms with Crippen LogP contribution in [0.15, 0.2) is 18.2 Å². The van der Waals surface area contributed by atoms with Gasteiger partial charge >= 0.3 is 0 Å². The summed E-state index contributed by atoms with van der Waals surface area (Å²) < 4.78 is 11.1. The summed E-state index contributed by atoms with van der Waals surface area (Å²) in [5, 5.41) is 13.7. The maximum absolute atomic E-state index is 10.3. The molecule has 0 fully saturated rings. The molecule has 21 heavy (non-hydrogen) atoms. The van der Waals surface area contributed by atoms with Gasteiger partial charge in [0.2, 0.25) is 0 Å². The van der Waals surface area contributed by atoms with E-state index >= 15 is 0 Å². The molecule has 1 aromatic carbocycles. The molecule has 4 nitrogen and oxygen atoms in total. The van der Waals surface area contributed by atoms with Crippen molar-refractivity contribution in [2.45, 2.75) is 46.3 Å². The van der Waals surface area contributed by atoms with Gasteiger partial charge < -0.3 is 19.9 Å². The number of benzene rings is 1. The van der Waals surface area contributed by atoms with Gasteiger partial charge in [0, 0.05) is 18.2 Å². The molecule has 0 radical (unpaired) electrons. The Morgan fingerprint density at radius 2 is 2.05 bits per heavy atom. The average molecular weight is 295 g/mol. The van der Waals surface area contributed by atoms with E-state index in [2.05, 4.69) is 12.2 Å². The predicted molar refractivity (Wildman–Crippen MR) is 85.9 cm³/mol. The summed E-state index contributed by atoms with van der Waals surface area (Å²) in [6, 6.07) is 5.80. The third-order valence-corrected chi connectivity index (χ3v) is 3.78. The smallest absolute Gasteiger partial charge is 0.127 e. The van der Waals surface area contributed by atoms with Gasteiger partial charge in [0.1, 0.15) is 18.1 Å². The molecule has 1 atom stereocenters. The molecular formula is C17H29NO3. The maximum atomic E-state index is 10.3. The fourth-order valence-electron chi connectivity index (χ4n) is 1.73. The van der Waals surface area contributed by atoms with Crippen LogP contribution in [0.4, 0.5) is 0 Å². The maximum Gasteiger partial charge on any atom is 0.127 e. The highest BCUT2D eigenvalue weighted by Gasteiger charge is 2.26. The fraction of sp³-hybridized carbons (Fsp3) is 0.647. The second-order valence-corrected chi connectivity index (χ2v) is 5.95. The zero-order valence-corrected chi connectivity index (χ0v) is 13.9. The summed E-state index contributed by atoms with van der Waals surface area (Å²) in [4.78, 5) is 0. The lowest BCUT2D eigenvalue weighted by Gasteiger charge is -2.28. The molecule has 1 rings (SSSR count). The van der Waals surface area contributed by atoms with Crippen LogP contribution in [-0.4, -0.2) is 31.0 Å². The van der Waals surface area contributed by atoms with E-state index in [4.69, 9.17) is 9.47 Å². The van der Waals surface area contributed by atoms with E-state index in [1.54, 1.807) is 14.0 Å². The van der Waals surface area contributed by atoms with Crippen molar-refractivity contribution in [1.82, 2.24) is 5.32 Å². The fourth-order valence-corrected chi connectivity index (χ4v) is 1.73. The molecule has 0 aliphatic carbocycles. The van der Waals surface area contributed by atoms with Gasteiger partial charge in [-0.25, -0.2) is 0 Å². The first-order chi connectivity index (χ1) is 9.90. The second-order valence-electron chi connectivity index (χ2n) is 5.95. The number of hydrogen-bond donors (Lipinski definition) is 2.